The molecule has 2 atom stereocenters. The van der Waals surface area contributed by atoms with Crippen LogP contribution in [0.2, 0.25) is 0 Å². The summed E-state index contributed by atoms with van der Waals surface area (Å²) in [4.78, 5) is 6.97. The normalized spacial score (nSPS) is 26.3. The molecule has 2 unspecified atom stereocenters. The number of rotatable bonds is 2. The molecule has 2 aliphatic rings. The maximum atomic E-state index is 7.84. The van der Waals surface area contributed by atoms with Gasteiger partial charge in [-0.3, -0.25) is 5.41 Å². The summed E-state index contributed by atoms with van der Waals surface area (Å²) in [5, 5.41) is 7.84. The zero-order valence-electron chi connectivity index (χ0n) is 11.5. The molecule has 3 N–H and O–H groups in total. The number of amidine groups is 1. The van der Waals surface area contributed by atoms with Crippen molar-refractivity contribution in [1.82, 2.24) is 4.98 Å². The molecular formula is C15H22N4. The topological polar surface area (TPSA) is 66.0 Å². The summed E-state index contributed by atoms with van der Waals surface area (Å²) < 4.78 is 0. The molecule has 0 spiro atoms. The van der Waals surface area contributed by atoms with Crippen LogP contribution in [0.3, 0.4) is 0 Å². The molecule has 4 nitrogen and oxygen atoms in total. The Morgan fingerprint density at radius 3 is 2.95 bits per heavy atom. The number of hydrogen-bond donors (Lipinski definition) is 2. The van der Waals surface area contributed by atoms with E-state index in [-0.39, 0.29) is 5.84 Å². The number of pyridine rings is 1. The predicted molar refractivity (Wildman–Crippen MR) is 77.7 cm³/mol. The number of nitrogens with two attached hydrogens (primary N) is 1. The van der Waals surface area contributed by atoms with Crippen molar-refractivity contribution in [2.75, 3.05) is 11.4 Å². The van der Waals surface area contributed by atoms with Gasteiger partial charge in [0.15, 0.2) is 0 Å². The summed E-state index contributed by atoms with van der Waals surface area (Å²) in [6.45, 7) is 3.07. The maximum absolute atomic E-state index is 7.84. The van der Waals surface area contributed by atoms with Gasteiger partial charge in [0, 0.05) is 18.8 Å². The van der Waals surface area contributed by atoms with Gasteiger partial charge in [-0.1, -0.05) is 6.42 Å². The van der Waals surface area contributed by atoms with Gasteiger partial charge >= 0.3 is 0 Å². The Morgan fingerprint density at radius 2 is 2.16 bits per heavy atom. The minimum atomic E-state index is 0.140. The van der Waals surface area contributed by atoms with E-state index in [0.717, 1.165) is 29.4 Å². The molecule has 2 heterocycles. The number of aryl methyl sites for hydroxylation is 1. The molecule has 1 saturated carbocycles. The Hall–Kier alpha value is -1.58. The van der Waals surface area contributed by atoms with Crippen molar-refractivity contribution in [3.05, 3.63) is 23.4 Å². The van der Waals surface area contributed by atoms with Gasteiger partial charge in [0.25, 0.3) is 0 Å². The highest BCUT2D eigenvalue weighted by Crippen LogP contribution is 2.39. The summed E-state index contributed by atoms with van der Waals surface area (Å²) in [5.41, 5.74) is 7.66. The smallest absolute Gasteiger partial charge is 0.140 e. The molecule has 3 rings (SSSR count). The van der Waals surface area contributed by atoms with Crippen molar-refractivity contribution in [2.45, 2.75) is 45.1 Å². The summed E-state index contributed by atoms with van der Waals surface area (Å²) >= 11 is 0. The zero-order valence-corrected chi connectivity index (χ0v) is 11.5. The number of anilines is 1. The van der Waals surface area contributed by atoms with Gasteiger partial charge in [-0.25, -0.2) is 4.98 Å². The highest BCUT2D eigenvalue weighted by molar-refractivity contribution is 6.01. The fourth-order valence-corrected chi connectivity index (χ4v) is 3.81. The summed E-state index contributed by atoms with van der Waals surface area (Å²) in [5.74, 6) is 1.89. The molecule has 1 aromatic heterocycles. The highest BCUT2D eigenvalue weighted by atomic mass is 15.2. The molecule has 2 fully saturated rings. The number of nitrogens with one attached hydrogen (secondary N) is 1. The van der Waals surface area contributed by atoms with E-state index in [1.807, 2.05) is 19.2 Å². The predicted octanol–water partition coefficient (Wildman–Crippen LogP) is 2.44. The van der Waals surface area contributed by atoms with Crippen molar-refractivity contribution >= 4 is 11.7 Å². The highest BCUT2D eigenvalue weighted by Gasteiger charge is 2.36. The van der Waals surface area contributed by atoms with Crippen molar-refractivity contribution in [2.24, 2.45) is 11.7 Å². The quantitative estimate of drug-likeness (QED) is 0.632. The fourth-order valence-electron chi connectivity index (χ4n) is 3.81. The molecule has 19 heavy (non-hydrogen) atoms. The van der Waals surface area contributed by atoms with E-state index in [1.165, 1.54) is 32.1 Å². The number of aromatic nitrogens is 1. The summed E-state index contributed by atoms with van der Waals surface area (Å²) in [7, 11) is 0. The molecule has 1 aliphatic carbocycles. The van der Waals surface area contributed by atoms with Gasteiger partial charge in [-0.15, -0.1) is 0 Å². The zero-order chi connectivity index (χ0) is 13.4. The van der Waals surface area contributed by atoms with Crippen LogP contribution in [0.4, 0.5) is 5.82 Å². The van der Waals surface area contributed by atoms with Gasteiger partial charge in [-0.05, 0) is 50.2 Å². The van der Waals surface area contributed by atoms with E-state index in [2.05, 4.69) is 9.88 Å². The third kappa shape index (κ3) is 2.09. The Bertz CT molecular complexity index is 497. The second-order valence-electron chi connectivity index (χ2n) is 5.83. The maximum Gasteiger partial charge on any atom is 0.140 e. The average Bonchev–Trinajstić information content (AvgIpc) is 2.85. The number of hydrogen-bond acceptors (Lipinski definition) is 3. The van der Waals surface area contributed by atoms with Gasteiger partial charge in [0.1, 0.15) is 11.7 Å². The van der Waals surface area contributed by atoms with E-state index in [1.54, 1.807) is 0 Å². The second-order valence-corrected chi connectivity index (χ2v) is 5.83. The molecule has 0 amide bonds. The SMILES string of the molecule is Cc1ccnc(N2CCCC3CCCC32)c1C(=N)N. The average molecular weight is 258 g/mol. The van der Waals surface area contributed by atoms with Crippen LogP contribution < -0.4 is 10.6 Å². The van der Waals surface area contributed by atoms with Crippen LogP contribution in [-0.2, 0) is 0 Å². The molecule has 0 aromatic carbocycles. The number of fused-ring (bicyclic) bond motifs is 1. The van der Waals surface area contributed by atoms with E-state index in [9.17, 15) is 0 Å². The number of nitrogen functional groups attached to an aromatic ring is 1. The standard InChI is InChI=1S/C15H22N4/c1-10-7-8-18-15(13(10)14(16)17)19-9-3-5-11-4-2-6-12(11)19/h7-8,11-12H,2-6,9H2,1H3,(H3,16,17). The lowest BCUT2D eigenvalue weighted by Gasteiger charge is -2.39. The first-order valence-corrected chi connectivity index (χ1v) is 7.25. The molecule has 1 aromatic rings. The Labute approximate surface area is 114 Å². The van der Waals surface area contributed by atoms with Crippen LogP contribution in [0, 0.1) is 18.3 Å². The largest absolute Gasteiger partial charge is 0.384 e. The van der Waals surface area contributed by atoms with Crippen molar-refractivity contribution in [1.29, 1.82) is 5.41 Å². The minimum absolute atomic E-state index is 0.140. The van der Waals surface area contributed by atoms with Crippen molar-refractivity contribution < 1.29 is 0 Å². The number of piperidine rings is 1. The first kappa shape index (κ1) is 12.5. The lowest BCUT2D eigenvalue weighted by Crippen LogP contribution is -2.44. The van der Waals surface area contributed by atoms with Crippen LogP contribution in [-0.4, -0.2) is 23.4 Å². The summed E-state index contributed by atoms with van der Waals surface area (Å²) in [6, 6.07) is 2.55. The van der Waals surface area contributed by atoms with Crippen LogP contribution in [0.1, 0.15) is 43.2 Å². The first-order valence-electron chi connectivity index (χ1n) is 7.25. The van der Waals surface area contributed by atoms with Crippen LogP contribution in [0.5, 0.6) is 0 Å². The molecule has 0 radical (unpaired) electrons. The third-order valence-electron chi connectivity index (χ3n) is 4.67. The van der Waals surface area contributed by atoms with E-state index >= 15 is 0 Å². The van der Waals surface area contributed by atoms with Crippen LogP contribution >= 0.6 is 0 Å². The lowest BCUT2D eigenvalue weighted by atomic mass is 9.91. The van der Waals surface area contributed by atoms with Crippen molar-refractivity contribution in [3.63, 3.8) is 0 Å². The molecule has 1 aliphatic heterocycles. The summed E-state index contributed by atoms with van der Waals surface area (Å²) in [6.07, 6.45) is 8.36. The molecular weight excluding hydrogens is 236 g/mol. The minimum Gasteiger partial charge on any atom is -0.384 e. The first-order chi connectivity index (χ1) is 9.18. The van der Waals surface area contributed by atoms with Gasteiger partial charge < -0.3 is 10.6 Å². The molecule has 1 saturated heterocycles. The third-order valence-corrected chi connectivity index (χ3v) is 4.67. The molecule has 0 bridgehead atoms. The fraction of sp³-hybridized carbons (Fsp3) is 0.600. The Morgan fingerprint density at radius 1 is 1.37 bits per heavy atom. The number of nitrogens with zero attached hydrogens (tertiary/aromatic N) is 2. The lowest BCUT2D eigenvalue weighted by molar-refractivity contribution is 0.360. The Kier molecular flexibility index (Phi) is 3.17. The monoisotopic (exact) mass is 258 g/mol. The Balaban J connectivity index is 2.01. The van der Waals surface area contributed by atoms with Crippen LogP contribution in [0.15, 0.2) is 12.3 Å². The van der Waals surface area contributed by atoms with Gasteiger partial charge in [-0.2, -0.15) is 0 Å². The van der Waals surface area contributed by atoms with E-state index < -0.39 is 0 Å². The van der Waals surface area contributed by atoms with E-state index in [0.29, 0.717) is 6.04 Å². The van der Waals surface area contributed by atoms with Gasteiger partial charge in [0.05, 0.1) is 5.56 Å². The van der Waals surface area contributed by atoms with Gasteiger partial charge in [0.2, 0.25) is 0 Å². The van der Waals surface area contributed by atoms with E-state index in [4.69, 9.17) is 11.1 Å². The molecule has 4 heteroatoms. The van der Waals surface area contributed by atoms with Crippen molar-refractivity contribution in [3.8, 4) is 0 Å². The second kappa shape index (κ2) is 4.83. The molecule has 102 valence electrons. The van der Waals surface area contributed by atoms with Crippen LogP contribution in [0.25, 0.3) is 0 Å².